The smallest absolute Gasteiger partial charge is 0.264 e. The van der Waals surface area contributed by atoms with Crippen LogP contribution in [-0.2, 0) is 12.8 Å². The van der Waals surface area contributed by atoms with Crippen LogP contribution in [0.1, 0.15) is 30.8 Å². The Hall–Kier alpha value is -3.32. The Balaban J connectivity index is 1.68. The normalized spacial score (nSPS) is 15.5. The SMILES string of the molecule is CCc1ccc(-n2c(C)nc3nc(N4c5ccccc5C[C@H]4C)[nH]c(=O)c3c2=S)cc1. The van der Waals surface area contributed by atoms with E-state index in [4.69, 9.17) is 17.2 Å². The zero-order valence-electron chi connectivity index (χ0n) is 17.7. The van der Waals surface area contributed by atoms with Gasteiger partial charge in [0.05, 0.1) is 0 Å². The number of benzene rings is 2. The molecule has 1 aliphatic heterocycles. The van der Waals surface area contributed by atoms with Gasteiger partial charge in [0.25, 0.3) is 5.56 Å². The molecule has 5 rings (SSSR count). The molecule has 0 spiro atoms. The van der Waals surface area contributed by atoms with Crippen LogP contribution in [0.5, 0.6) is 0 Å². The van der Waals surface area contributed by atoms with E-state index in [0.717, 1.165) is 24.2 Å². The monoisotopic (exact) mass is 429 g/mol. The van der Waals surface area contributed by atoms with Crippen molar-refractivity contribution in [2.45, 2.75) is 39.7 Å². The Labute approximate surface area is 185 Å². The molecule has 0 aliphatic carbocycles. The third-order valence-corrected chi connectivity index (χ3v) is 6.32. The average molecular weight is 430 g/mol. The topological polar surface area (TPSA) is 66.8 Å². The molecular formula is C24H23N5OS. The number of rotatable bonds is 3. The first-order chi connectivity index (χ1) is 15.0. The largest absolute Gasteiger partial charge is 0.309 e. The van der Waals surface area contributed by atoms with Crippen molar-refractivity contribution in [3.8, 4) is 5.69 Å². The van der Waals surface area contributed by atoms with Gasteiger partial charge in [0, 0.05) is 17.4 Å². The fourth-order valence-electron chi connectivity index (χ4n) is 4.37. The van der Waals surface area contributed by atoms with Crippen molar-refractivity contribution in [2.75, 3.05) is 4.90 Å². The molecule has 1 aliphatic rings. The van der Waals surface area contributed by atoms with Crippen molar-refractivity contribution in [1.29, 1.82) is 0 Å². The molecule has 2 aromatic carbocycles. The molecule has 3 heterocycles. The van der Waals surface area contributed by atoms with Crippen LogP contribution in [0, 0.1) is 11.6 Å². The number of H-pyrrole nitrogens is 1. The maximum absolute atomic E-state index is 13.1. The van der Waals surface area contributed by atoms with Gasteiger partial charge in [-0.15, -0.1) is 0 Å². The Bertz CT molecular complexity index is 1420. The van der Waals surface area contributed by atoms with E-state index in [1.165, 1.54) is 11.1 Å². The van der Waals surface area contributed by atoms with Gasteiger partial charge in [0.1, 0.15) is 15.9 Å². The molecule has 4 aromatic rings. The predicted molar refractivity (Wildman–Crippen MR) is 126 cm³/mol. The fraction of sp³-hybridized carbons (Fsp3) is 0.250. The lowest BCUT2D eigenvalue weighted by molar-refractivity contribution is 0.739. The second-order valence-corrected chi connectivity index (χ2v) is 8.35. The number of aryl methyl sites for hydroxylation is 2. The van der Waals surface area contributed by atoms with Crippen LogP contribution in [0.3, 0.4) is 0 Å². The van der Waals surface area contributed by atoms with E-state index in [-0.39, 0.29) is 11.6 Å². The zero-order chi connectivity index (χ0) is 21.7. The summed E-state index contributed by atoms with van der Waals surface area (Å²) in [6, 6.07) is 16.5. The number of para-hydroxylation sites is 1. The van der Waals surface area contributed by atoms with Crippen LogP contribution in [0.25, 0.3) is 16.7 Å². The lowest BCUT2D eigenvalue weighted by atomic mass is 10.1. The quantitative estimate of drug-likeness (QED) is 0.474. The molecule has 2 aromatic heterocycles. The molecule has 0 fully saturated rings. The van der Waals surface area contributed by atoms with Gasteiger partial charge >= 0.3 is 0 Å². The highest BCUT2D eigenvalue weighted by Crippen LogP contribution is 2.36. The van der Waals surface area contributed by atoms with E-state index in [1.807, 2.05) is 35.8 Å². The molecule has 156 valence electrons. The number of hydrogen-bond donors (Lipinski definition) is 1. The van der Waals surface area contributed by atoms with E-state index >= 15 is 0 Å². The number of aromatic amines is 1. The standard InChI is InChI=1S/C24H23N5OS/c1-4-16-9-11-18(12-10-16)29-15(3)25-21-20(23(29)31)22(30)27-24(26-21)28-14(2)13-17-7-5-6-8-19(17)28/h5-12,14H,4,13H2,1-3H3,(H,26,27,30)/t14-/m1/s1. The lowest BCUT2D eigenvalue weighted by Crippen LogP contribution is -2.28. The van der Waals surface area contributed by atoms with Crippen molar-refractivity contribution in [3.63, 3.8) is 0 Å². The lowest BCUT2D eigenvalue weighted by Gasteiger charge is -2.23. The van der Waals surface area contributed by atoms with Crippen molar-refractivity contribution in [1.82, 2.24) is 19.5 Å². The Morgan fingerprint density at radius 1 is 1.13 bits per heavy atom. The van der Waals surface area contributed by atoms with Crippen LogP contribution >= 0.6 is 12.2 Å². The summed E-state index contributed by atoms with van der Waals surface area (Å²) in [5, 5.41) is 0.337. The summed E-state index contributed by atoms with van der Waals surface area (Å²) in [6.07, 6.45) is 1.87. The van der Waals surface area contributed by atoms with Crippen molar-refractivity contribution in [3.05, 3.63) is 80.5 Å². The van der Waals surface area contributed by atoms with Gasteiger partial charge in [0.2, 0.25) is 5.95 Å². The van der Waals surface area contributed by atoms with Crippen LogP contribution in [0.4, 0.5) is 11.6 Å². The molecule has 0 amide bonds. The molecule has 0 unspecified atom stereocenters. The first kappa shape index (κ1) is 19.6. The van der Waals surface area contributed by atoms with Crippen LogP contribution in [0.2, 0.25) is 0 Å². The number of hydrogen-bond acceptors (Lipinski definition) is 5. The first-order valence-corrected chi connectivity index (χ1v) is 10.9. The first-order valence-electron chi connectivity index (χ1n) is 10.5. The highest BCUT2D eigenvalue weighted by atomic mass is 32.1. The third-order valence-electron chi connectivity index (χ3n) is 5.93. The molecule has 0 saturated heterocycles. The van der Waals surface area contributed by atoms with Gasteiger partial charge in [-0.05, 0) is 56.0 Å². The molecular weight excluding hydrogens is 406 g/mol. The molecule has 0 bridgehead atoms. The Morgan fingerprint density at radius 2 is 1.87 bits per heavy atom. The average Bonchev–Trinajstić information content (AvgIpc) is 3.09. The van der Waals surface area contributed by atoms with Gasteiger partial charge in [-0.25, -0.2) is 4.98 Å². The van der Waals surface area contributed by atoms with E-state index in [2.05, 4.69) is 53.0 Å². The molecule has 0 saturated carbocycles. The molecule has 0 radical (unpaired) electrons. The third kappa shape index (κ3) is 3.16. The molecule has 1 N–H and O–H groups in total. The summed E-state index contributed by atoms with van der Waals surface area (Å²) < 4.78 is 2.25. The minimum Gasteiger partial charge on any atom is -0.309 e. The van der Waals surface area contributed by atoms with Crippen LogP contribution in [0.15, 0.2) is 53.3 Å². The van der Waals surface area contributed by atoms with E-state index in [1.54, 1.807) is 0 Å². The molecule has 7 heteroatoms. The number of anilines is 2. The predicted octanol–water partition coefficient (Wildman–Crippen LogP) is 4.79. The summed E-state index contributed by atoms with van der Waals surface area (Å²) >= 11 is 5.73. The fourth-order valence-corrected chi connectivity index (χ4v) is 4.79. The second-order valence-electron chi connectivity index (χ2n) is 7.96. The highest BCUT2D eigenvalue weighted by Gasteiger charge is 2.29. The summed E-state index contributed by atoms with van der Waals surface area (Å²) in [5.41, 5.74) is 4.54. The second kappa shape index (κ2) is 7.42. The van der Waals surface area contributed by atoms with Crippen molar-refractivity contribution in [2.24, 2.45) is 0 Å². The summed E-state index contributed by atoms with van der Waals surface area (Å²) in [4.78, 5) is 27.6. The summed E-state index contributed by atoms with van der Waals surface area (Å²) in [7, 11) is 0. The van der Waals surface area contributed by atoms with Gasteiger partial charge in [-0.2, -0.15) is 4.98 Å². The minimum absolute atomic E-state index is 0.188. The van der Waals surface area contributed by atoms with E-state index < -0.39 is 0 Å². The van der Waals surface area contributed by atoms with Crippen molar-refractivity contribution >= 4 is 34.9 Å². The summed E-state index contributed by atoms with van der Waals surface area (Å²) in [6.45, 7) is 6.13. The number of nitrogens with zero attached hydrogens (tertiary/aromatic N) is 4. The number of nitrogens with one attached hydrogen (secondary N) is 1. The molecule has 1 atom stereocenters. The molecule has 6 nitrogen and oxygen atoms in total. The van der Waals surface area contributed by atoms with Gasteiger partial charge in [-0.3, -0.25) is 14.3 Å². The van der Waals surface area contributed by atoms with Gasteiger partial charge in [-0.1, -0.05) is 49.5 Å². The number of aromatic nitrogens is 4. The van der Waals surface area contributed by atoms with Gasteiger partial charge in [0.15, 0.2) is 5.65 Å². The highest BCUT2D eigenvalue weighted by molar-refractivity contribution is 7.71. The Morgan fingerprint density at radius 3 is 2.61 bits per heavy atom. The maximum atomic E-state index is 13.1. The van der Waals surface area contributed by atoms with Gasteiger partial charge < -0.3 is 4.90 Å². The zero-order valence-corrected chi connectivity index (χ0v) is 18.5. The van der Waals surface area contributed by atoms with Crippen molar-refractivity contribution < 1.29 is 0 Å². The van der Waals surface area contributed by atoms with E-state index in [0.29, 0.717) is 27.4 Å². The minimum atomic E-state index is -0.270. The van der Waals surface area contributed by atoms with Crippen LogP contribution < -0.4 is 10.5 Å². The molecule has 31 heavy (non-hydrogen) atoms. The van der Waals surface area contributed by atoms with E-state index in [9.17, 15) is 4.79 Å². The summed E-state index contributed by atoms with van der Waals surface area (Å²) in [5.74, 6) is 1.20. The van der Waals surface area contributed by atoms with Crippen LogP contribution in [-0.4, -0.2) is 25.6 Å². The Kier molecular flexibility index (Phi) is 4.70. The number of fused-ring (bicyclic) bond motifs is 2. The maximum Gasteiger partial charge on any atom is 0.264 e.